The first-order chi connectivity index (χ1) is 13.0. The molecule has 0 spiro atoms. The molecule has 7 heteroatoms. The lowest BCUT2D eigenvalue weighted by molar-refractivity contribution is -0.140. The van der Waals surface area contributed by atoms with Gasteiger partial charge in [0, 0.05) is 51.3 Å². The Bertz CT molecular complexity index is 692. The van der Waals surface area contributed by atoms with Gasteiger partial charge in [-0.05, 0) is 37.6 Å². The summed E-state index contributed by atoms with van der Waals surface area (Å²) in [4.78, 5) is 41.9. The maximum atomic E-state index is 12.5. The number of rotatable bonds is 6. The van der Waals surface area contributed by atoms with Gasteiger partial charge in [0.25, 0.3) is 5.91 Å². The number of benzene rings is 1. The van der Waals surface area contributed by atoms with E-state index in [9.17, 15) is 14.4 Å². The summed E-state index contributed by atoms with van der Waals surface area (Å²) in [6, 6.07) is 7.40. The number of carbonyl (C=O) groups is 3. The minimum atomic E-state index is -0.107. The summed E-state index contributed by atoms with van der Waals surface area (Å²) in [5, 5.41) is 2.60. The molecule has 1 aromatic carbocycles. The summed E-state index contributed by atoms with van der Waals surface area (Å²) in [7, 11) is 3.52. The van der Waals surface area contributed by atoms with Crippen LogP contribution in [0.25, 0.3) is 0 Å². The molecule has 1 aliphatic heterocycles. The van der Waals surface area contributed by atoms with E-state index < -0.39 is 0 Å². The topological polar surface area (TPSA) is 73.0 Å². The molecule has 0 aromatic heterocycles. The van der Waals surface area contributed by atoms with Gasteiger partial charge >= 0.3 is 0 Å². The minimum absolute atomic E-state index is 0.0954. The number of hydrogen-bond donors (Lipinski definition) is 1. The van der Waals surface area contributed by atoms with Crippen molar-refractivity contribution in [1.29, 1.82) is 0 Å². The Hall–Kier alpha value is -2.41. The van der Waals surface area contributed by atoms with Crippen molar-refractivity contribution < 1.29 is 14.4 Å². The second-order valence-electron chi connectivity index (χ2n) is 7.43. The number of nitrogens with zero attached hydrogens (tertiary/aromatic N) is 3. The Morgan fingerprint density at radius 1 is 1.04 bits per heavy atom. The van der Waals surface area contributed by atoms with E-state index in [1.807, 2.05) is 33.9 Å². The molecular weight excluding hydrogens is 344 g/mol. The van der Waals surface area contributed by atoms with E-state index in [0.717, 1.165) is 18.4 Å². The maximum Gasteiger partial charge on any atom is 0.251 e. The molecule has 146 valence electrons. The van der Waals surface area contributed by atoms with Gasteiger partial charge in [0.15, 0.2) is 0 Å². The van der Waals surface area contributed by atoms with Crippen molar-refractivity contribution in [3.63, 3.8) is 0 Å². The van der Waals surface area contributed by atoms with Crippen LogP contribution in [0, 0.1) is 5.92 Å². The van der Waals surface area contributed by atoms with Gasteiger partial charge in [-0.2, -0.15) is 0 Å². The van der Waals surface area contributed by atoms with Crippen LogP contribution in [0.15, 0.2) is 24.3 Å². The lowest BCUT2D eigenvalue weighted by Gasteiger charge is -2.35. The molecule has 2 fully saturated rings. The molecule has 27 heavy (non-hydrogen) atoms. The summed E-state index contributed by atoms with van der Waals surface area (Å²) in [6.07, 6.45) is 2.04. The molecule has 0 atom stereocenters. The first-order valence-electron chi connectivity index (χ1n) is 9.54. The van der Waals surface area contributed by atoms with Gasteiger partial charge < -0.3 is 15.1 Å². The lowest BCUT2D eigenvalue weighted by atomic mass is 10.1. The number of likely N-dealkylation sites (N-methyl/N-ethyl adjacent to an activating group) is 1. The fourth-order valence-electron chi connectivity index (χ4n) is 3.37. The zero-order valence-corrected chi connectivity index (χ0v) is 16.1. The van der Waals surface area contributed by atoms with Crippen molar-refractivity contribution >= 4 is 17.7 Å². The summed E-state index contributed by atoms with van der Waals surface area (Å²) in [5.74, 6) is 0.495. The number of amides is 3. The summed E-state index contributed by atoms with van der Waals surface area (Å²) in [6.45, 7) is 3.50. The predicted octanol–water partition coefficient (Wildman–Crippen LogP) is 0.559. The van der Waals surface area contributed by atoms with E-state index in [0.29, 0.717) is 44.8 Å². The first kappa shape index (κ1) is 19.4. The van der Waals surface area contributed by atoms with Crippen molar-refractivity contribution in [2.45, 2.75) is 19.4 Å². The zero-order valence-electron chi connectivity index (χ0n) is 16.1. The van der Waals surface area contributed by atoms with E-state index in [-0.39, 0.29) is 23.6 Å². The third-order valence-corrected chi connectivity index (χ3v) is 5.17. The number of nitrogens with one attached hydrogen (secondary N) is 1. The summed E-state index contributed by atoms with van der Waals surface area (Å²) >= 11 is 0. The van der Waals surface area contributed by atoms with Gasteiger partial charge in [-0.15, -0.1) is 0 Å². The van der Waals surface area contributed by atoms with E-state index in [4.69, 9.17) is 0 Å². The van der Waals surface area contributed by atoms with Crippen LogP contribution in [0.1, 0.15) is 28.8 Å². The average Bonchev–Trinajstić information content (AvgIpc) is 3.52. The highest BCUT2D eigenvalue weighted by Crippen LogP contribution is 2.31. The largest absolute Gasteiger partial charge is 0.355 e. The third-order valence-electron chi connectivity index (χ3n) is 5.17. The molecule has 2 aliphatic rings. The third kappa shape index (κ3) is 5.07. The van der Waals surface area contributed by atoms with Gasteiger partial charge in [-0.1, -0.05) is 12.1 Å². The second-order valence-corrected chi connectivity index (χ2v) is 7.43. The molecule has 1 heterocycles. The molecule has 1 saturated carbocycles. The molecule has 0 bridgehead atoms. The van der Waals surface area contributed by atoms with Crippen LogP contribution < -0.4 is 5.32 Å². The highest BCUT2D eigenvalue weighted by molar-refractivity contribution is 5.93. The molecule has 0 unspecified atom stereocenters. The van der Waals surface area contributed by atoms with Crippen LogP contribution in [0.5, 0.6) is 0 Å². The standard InChI is InChI=1S/C20H28N4O3/c1-21-19(26)16-5-3-15(4-6-16)13-22(2)14-18(25)23-9-11-24(12-10-23)20(27)17-7-8-17/h3-6,17H,7-14H2,1-2H3,(H,21,26). The quantitative estimate of drug-likeness (QED) is 0.792. The predicted molar refractivity (Wildman–Crippen MR) is 102 cm³/mol. The average molecular weight is 372 g/mol. The highest BCUT2D eigenvalue weighted by Gasteiger charge is 2.35. The smallest absolute Gasteiger partial charge is 0.251 e. The van der Waals surface area contributed by atoms with Crippen LogP contribution >= 0.6 is 0 Å². The summed E-state index contributed by atoms with van der Waals surface area (Å²) < 4.78 is 0. The lowest BCUT2D eigenvalue weighted by Crippen LogP contribution is -2.52. The molecule has 1 aromatic rings. The van der Waals surface area contributed by atoms with Gasteiger partial charge in [-0.3, -0.25) is 19.3 Å². The Balaban J connectivity index is 1.43. The van der Waals surface area contributed by atoms with Gasteiger partial charge in [0.2, 0.25) is 11.8 Å². The molecule has 1 aliphatic carbocycles. The normalized spacial score (nSPS) is 17.1. The second kappa shape index (κ2) is 8.52. The Morgan fingerprint density at radius 3 is 2.19 bits per heavy atom. The van der Waals surface area contributed by atoms with Gasteiger partial charge in [0.1, 0.15) is 0 Å². The molecule has 0 radical (unpaired) electrons. The molecular formula is C20H28N4O3. The number of hydrogen-bond acceptors (Lipinski definition) is 4. The monoisotopic (exact) mass is 372 g/mol. The van der Waals surface area contributed by atoms with E-state index in [2.05, 4.69) is 5.32 Å². The van der Waals surface area contributed by atoms with E-state index >= 15 is 0 Å². The van der Waals surface area contributed by atoms with Crippen molar-refractivity contribution in [1.82, 2.24) is 20.0 Å². The van der Waals surface area contributed by atoms with Crippen molar-refractivity contribution in [2.24, 2.45) is 5.92 Å². The maximum absolute atomic E-state index is 12.5. The van der Waals surface area contributed by atoms with Crippen LogP contribution in [0.4, 0.5) is 0 Å². The van der Waals surface area contributed by atoms with E-state index in [1.165, 1.54) is 0 Å². The fourth-order valence-corrected chi connectivity index (χ4v) is 3.37. The Morgan fingerprint density at radius 2 is 1.63 bits per heavy atom. The number of carbonyl (C=O) groups excluding carboxylic acids is 3. The first-order valence-corrected chi connectivity index (χ1v) is 9.54. The van der Waals surface area contributed by atoms with Crippen LogP contribution in [0.3, 0.4) is 0 Å². The highest BCUT2D eigenvalue weighted by atomic mass is 16.2. The van der Waals surface area contributed by atoms with Crippen LogP contribution in [-0.2, 0) is 16.1 Å². The Kier molecular flexibility index (Phi) is 6.11. The molecule has 1 saturated heterocycles. The fraction of sp³-hybridized carbons (Fsp3) is 0.550. The van der Waals surface area contributed by atoms with Crippen LogP contribution in [-0.4, -0.2) is 79.2 Å². The molecule has 3 rings (SSSR count). The number of piperazine rings is 1. The minimum Gasteiger partial charge on any atom is -0.355 e. The van der Waals surface area contributed by atoms with Crippen LogP contribution in [0.2, 0.25) is 0 Å². The summed E-state index contributed by atoms with van der Waals surface area (Å²) in [5.41, 5.74) is 1.68. The van der Waals surface area contributed by atoms with Gasteiger partial charge in [0.05, 0.1) is 6.54 Å². The molecule has 1 N–H and O–H groups in total. The molecule has 7 nitrogen and oxygen atoms in total. The van der Waals surface area contributed by atoms with E-state index in [1.54, 1.807) is 19.2 Å². The SMILES string of the molecule is CNC(=O)c1ccc(CN(C)CC(=O)N2CCN(C(=O)C3CC3)CC2)cc1. The van der Waals surface area contributed by atoms with Crippen molar-refractivity contribution in [3.05, 3.63) is 35.4 Å². The van der Waals surface area contributed by atoms with Crippen molar-refractivity contribution in [2.75, 3.05) is 46.8 Å². The zero-order chi connectivity index (χ0) is 19.4. The Labute approximate surface area is 160 Å². The molecule has 3 amide bonds. The van der Waals surface area contributed by atoms with Crippen molar-refractivity contribution in [3.8, 4) is 0 Å². The van der Waals surface area contributed by atoms with Gasteiger partial charge in [-0.25, -0.2) is 0 Å².